The molecule has 1 aromatic carbocycles. The van der Waals surface area contributed by atoms with Crippen molar-refractivity contribution in [2.24, 2.45) is 10.8 Å². The van der Waals surface area contributed by atoms with Gasteiger partial charge in [-0.2, -0.15) is 0 Å². The molecule has 2 aliphatic carbocycles. The topological polar surface area (TPSA) is 54.5 Å². The summed E-state index contributed by atoms with van der Waals surface area (Å²) in [5.41, 5.74) is 5.02. The third-order valence-electron chi connectivity index (χ3n) is 6.37. The first kappa shape index (κ1) is 19.8. The van der Waals surface area contributed by atoms with E-state index in [1.807, 2.05) is 24.3 Å². The number of benzene rings is 1. The lowest BCUT2D eigenvalue weighted by Gasteiger charge is -2.46. The molecule has 0 atom stereocenters. The van der Waals surface area contributed by atoms with Gasteiger partial charge in [-0.15, -0.1) is 0 Å². The quantitative estimate of drug-likeness (QED) is 0.635. The number of carbonyl (C=O) groups excluding carboxylic acids is 3. The maximum Gasteiger partial charge on any atom is 0.161 e. The normalized spacial score (nSPS) is 23.1. The smallest absolute Gasteiger partial charge is 0.161 e. The number of anilines is 1. The maximum absolute atomic E-state index is 13.0. The van der Waals surface area contributed by atoms with Crippen LogP contribution in [0.25, 0.3) is 0 Å². The van der Waals surface area contributed by atoms with Crippen molar-refractivity contribution in [3.8, 4) is 0 Å². The van der Waals surface area contributed by atoms with E-state index in [-0.39, 0.29) is 28.2 Å². The molecule has 1 heterocycles. The number of allylic oxidation sites excluding steroid dienone is 4. The summed E-state index contributed by atoms with van der Waals surface area (Å²) in [6.07, 6.45) is 3.11. The molecule has 0 unspecified atom stereocenters. The molecule has 1 aromatic rings. The monoisotopic (exact) mass is 391 g/mol. The molecular weight excluding hydrogens is 362 g/mol. The van der Waals surface area contributed by atoms with E-state index in [0.717, 1.165) is 41.1 Å². The van der Waals surface area contributed by atoms with Gasteiger partial charge in [-0.05, 0) is 54.9 Å². The summed E-state index contributed by atoms with van der Waals surface area (Å²) in [6.45, 7) is 10.1. The summed E-state index contributed by atoms with van der Waals surface area (Å²) >= 11 is 0. The van der Waals surface area contributed by atoms with Crippen LogP contribution in [-0.2, 0) is 9.59 Å². The molecule has 3 aliphatic rings. The van der Waals surface area contributed by atoms with Crippen LogP contribution in [0.3, 0.4) is 0 Å². The molecule has 0 aromatic heterocycles. The zero-order valence-corrected chi connectivity index (χ0v) is 18.0. The molecule has 0 N–H and O–H groups in total. The molecule has 0 saturated carbocycles. The minimum Gasteiger partial charge on any atom is -0.317 e. The number of rotatable bonds is 2. The summed E-state index contributed by atoms with van der Waals surface area (Å²) in [6, 6.07) is 7.54. The van der Waals surface area contributed by atoms with Crippen LogP contribution < -0.4 is 4.90 Å². The number of hydrogen-bond acceptors (Lipinski definition) is 4. The summed E-state index contributed by atoms with van der Waals surface area (Å²) in [5, 5.41) is 0. The summed E-state index contributed by atoms with van der Waals surface area (Å²) in [5.74, 6) is 0.342. The van der Waals surface area contributed by atoms with E-state index >= 15 is 0 Å². The van der Waals surface area contributed by atoms with Crippen LogP contribution in [0.4, 0.5) is 5.69 Å². The molecule has 0 bridgehead atoms. The van der Waals surface area contributed by atoms with Gasteiger partial charge in [0.2, 0.25) is 0 Å². The van der Waals surface area contributed by atoms with Gasteiger partial charge in [-0.3, -0.25) is 14.4 Å². The molecule has 4 heteroatoms. The van der Waals surface area contributed by atoms with E-state index in [0.29, 0.717) is 24.8 Å². The Balaban J connectivity index is 1.89. The van der Waals surface area contributed by atoms with Crippen molar-refractivity contribution < 1.29 is 14.4 Å². The molecule has 0 amide bonds. The second-order valence-electron chi connectivity index (χ2n) is 10.3. The summed E-state index contributed by atoms with van der Waals surface area (Å²) in [7, 11) is 0. The van der Waals surface area contributed by atoms with E-state index in [9.17, 15) is 14.4 Å². The van der Waals surface area contributed by atoms with Crippen LogP contribution in [-0.4, -0.2) is 17.3 Å². The number of nitrogens with zero attached hydrogens (tertiary/aromatic N) is 1. The Hall–Kier alpha value is -2.49. The van der Waals surface area contributed by atoms with Crippen molar-refractivity contribution in [3.05, 3.63) is 52.4 Å². The van der Waals surface area contributed by atoms with Crippen LogP contribution in [0.1, 0.15) is 77.1 Å². The lowest BCUT2D eigenvalue weighted by Crippen LogP contribution is -2.41. The van der Waals surface area contributed by atoms with Gasteiger partial charge in [-0.1, -0.05) is 27.7 Å². The van der Waals surface area contributed by atoms with Crippen LogP contribution >= 0.6 is 0 Å². The minimum atomic E-state index is -0.111. The Kier molecular flexibility index (Phi) is 4.45. The van der Waals surface area contributed by atoms with E-state index in [2.05, 4.69) is 32.6 Å². The summed E-state index contributed by atoms with van der Waals surface area (Å²) < 4.78 is 0. The van der Waals surface area contributed by atoms with E-state index in [1.165, 1.54) is 0 Å². The van der Waals surface area contributed by atoms with Crippen molar-refractivity contribution in [1.29, 1.82) is 0 Å². The average Bonchev–Trinajstić information content (AvgIpc) is 2.59. The third kappa shape index (κ3) is 3.50. The molecule has 1 aliphatic heterocycles. The second kappa shape index (κ2) is 6.51. The lowest BCUT2D eigenvalue weighted by atomic mass is 9.68. The van der Waals surface area contributed by atoms with Crippen molar-refractivity contribution in [3.63, 3.8) is 0 Å². The Morgan fingerprint density at radius 2 is 1.24 bits per heavy atom. The van der Waals surface area contributed by atoms with Gasteiger partial charge in [0.1, 0.15) is 0 Å². The zero-order valence-electron chi connectivity index (χ0n) is 18.0. The largest absolute Gasteiger partial charge is 0.317 e. The molecule has 0 spiro atoms. The molecular formula is C25H29NO3. The van der Waals surface area contributed by atoms with Gasteiger partial charge >= 0.3 is 0 Å². The predicted molar refractivity (Wildman–Crippen MR) is 114 cm³/mol. The number of carbonyl (C=O) groups is 3. The summed E-state index contributed by atoms with van der Waals surface area (Å²) in [4.78, 5) is 39.9. The maximum atomic E-state index is 13.0. The Morgan fingerprint density at radius 3 is 1.66 bits per heavy atom. The zero-order chi connectivity index (χ0) is 21.1. The minimum absolute atomic E-state index is 0.0259. The highest BCUT2D eigenvalue weighted by atomic mass is 16.1. The third-order valence-corrected chi connectivity index (χ3v) is 6.37. The highest BCUT2D eigenvalue weighted by molar-refractivity contribution is 6.05. The fraction of sp³-hybridized carbons (Fsp3) is 0.480. The van der Waals surface area contributed by atoms with Crippen LogP contribution in [0.15, 0.2) is 46.8 Å². The molecule has 4 rings (SSSR count). The Morgan fingerprint density at radius 1 is 0.793 bits per heavy atom. The van der Waals surface area contributed by atoms with Crippen molar-refractivity contribution in [1.82, 2.24) is 0 Å². The van der Waals surface area contributed by atoms with E-state index in [4.69, 9.17) is 0 Å². The van der Waals surface area contributed by atoms with Crippen LogP contribution in [0.2, 0.25) is 0 Å². The highest BCUT2D eigenvalue weighted by Crippen LogP contribution is 2.50. The molecule has 4 nitrogen and oxygen atoms in total. The van der Waals surface area contributed by atoms with Gasteiger partial charge in [0.05, 0.1) is 0 Å². The fourth-order valence-corrected chi connectivity index (χ4v) is 4.98. The Bertz CT molecular complexity index is 937. The van der Waals surface area contributed by atoms with Crippen molar-refractivity contribution in [2.75, 3.05) is 4.90 Å². The first-order valence-corrected chi connectivity index (χ1v) is 10.4. The van der Waals surface area contributed by atoms with Gasteiger partial charge < -0.3 is 4.90 Å². The first-order chi connectivity index (χ1) is 13.5. The SMILES string of the molecule is CC(=O)c1ccc(N2C3=C(CC4=C2CC(C)(C)CC4=O)C(=O)CC(C)(C)C3)cc1. The van der Waals surface area contributed by atoms with Crippen molar-refractivity contribution in [2.45, 2.75) is 66.7 Å². The fourth-order valence-electron chi connectivity index (χ4n) is 4.98. The van der Waals surface area contributed by atoms with Crippen molar-refractivity contribution >= 4 is 23.0 Å². The van der Waals surface area contributed by atoms with E-state index < -0.39 is 0 Å². The number of Topliss-reactive ketones (excluding diaryl/α,β-unsaturated/α-hetero) is 3. The molecule has 0 saturated heterocycles. The lowest BCUT2D eigenvalue weighted by molar-refractivity contribution is -0.118. The van der Waals surface area contributed by atoms with Gasteiger partial charge in [0.25, 0.3) is 0 Å². The second-order valence-corrected chi connectivity index (χ2v) is 10.3. The van der Waals surface area contributed by atoms with Gasteiger partial charge in [-0.25, -0.2) is 0 Å². The van der Waals surface area contributed by atoms with Gasteiger partial charge in [0.15, 0.2) is 17.3 Å². The predicted octanol–water partition coefficient (Wildman–Crippen LogP) is 5.39. The molecule has 0 radical (unpaired) electrons. The van der Waals surface area contributed by atoms with Crippen LogP contribution in [0.5, 0.6) is 0 Å². The molecule has 29 heavy (non-hydrogen) atoms. The standard InChI is InChI=1S/C25H29NO3/c1-15(27)16-6-8-17(9-7-16)26-20-11-24(2,3)13-22(28)18(20)10-19-21(26)12-25(4,5)14-23(19)29/h6-9H,10-14H2,1-5H3. The van der Waals surface area contributed by atoms with E-state index in [1.54, 1.807) is 6.92 Å². The van der Waals surface area contributed by atoms with Gasteiger partial charge in [0, 0.05) is 53.1 Å². The highest BCUT2D eigenvalue weighted by Gasteiger charge is 2.44. The Labute approximate surface area is 172 Å². The molecule has 0 fully saturated rings. The number of ketones is 3. The average molecular weight is 392 g/mol. The molecule has 152 valence electrons. The first-order valence-electron chi connectivity index (χ1n) is 10.4. The van der Waals surface area contributed by atoms with Crippen LogP contribution in [0, 0.1) is 10.8 Å². The number of hydrogen-bond donors (Lipinski definition) is 0.